The summed E-state index contributed by atoms with van der Waals surface area (Å²) in [5, 5.41) is 7.40. The number of halogens is 1. The van der Waals surface area contributed by atoms with Crippen molar-refractivity contribution in [2.45, 2.75) is 23.9 Å². The average molecular weight is 420 g/mol. The Morgan fingerprint density at radius 1 is 1.20 bits per heavy atom. The fourth-order valence-electron chi connectivity index (χ4n) is 2.44. The number of rotatable bonds is 7. The van der Waals surface area contributed by atoms with Crippen LogP contribution >= 0.6 is 27.7 Å². The monoisotopic (exact) mass is 419 g/mol. The first-order chi connectivity index (χ1) is 12.2. The van der Waals surface area contributed by atoms with E-state index in [1.165, 1.54) is 17.3 Å². The van der Waals surface area contributed by atoms with E-state index < -0.39 is 0 Å². The summed E-state index contributed by atoms with van der Waals surface area (Å²) in [6.45, 7) is 0.605. The number of aryl methyl sites for hydroxylation is 1. The normalized spacial score (nSPS) is 10.8. The fraction of sp³-hybridized carbons (Fsp3) is 0.222. The average Bonchev–Trinajstić information content (AvgIpc) is 2.99. The molecule has 1 N–H and O–H groups in total. The minimum Gasteiger partial charge on any atom is -0.496 e. The molecular formula is C18H18BrN3O2S. The molecule has 3 aromatic rings. The number of nitrogens with zero attached hydrogens (tertiary/aromatic N) is 2. The molecule has 0 spiro atoms. The van der Waals surface area contributed by atoms with Gasteiger partial charge in [0.1, 0.15) is 5.75 Å². The van der Waals surface area contributed by atoms with Crippen molar-refractivity contribution in [2.24, 2.45) is 0 Å². The van der Waals surface area contributed by atoms with E-state index in [0.717, 1.165) is 28.0 Å². The zero-order valence-electron chi connectivity index (χ0n) is 13.7. The van der Waals surface area contributed by atoms with Crippen molar-refractivity contribution >= 4 is 27.7 Å². The van der Waals surface area contributed by atoms with Gasteiger partial charge in [0, 0.05) is 12.3 Å². The largest absolute Gasteiger partial charge is 0.496 e. The minimum absolute atomic E-state index is 0.172. The van der Waals surface area contributed by atoms with E-state index in [0.29, 0.717) is 11.7 Å². The van der Waals surface area contributed by atoms with E-state index in [4.69, 9.17) is 4.74 Å². The number of hydrogen-bond donors (Lipinski definition) is 1. The van der Waals surface area contributed by atoms with Gasteiger partial charge in [-0.25, -0.2) is 9.89 Å². The zero-order valence-corrected chi connectivity index (χ0v) is 16.1. The van der Waals surface area contributed by atoms with Gasteiger partial charge in [-0.1, -0.05) is 48.2 Å². The molecule has 0 aliphatic heterocycles. The third-order valence-corrected chi connectivity index (χ3v) is 5.44. The predicted molar refractivity (Wildman–Crippen MR) is 103 cm³/mol. The molecule has 25 heavy (non-hydrogen) atoms. The van der Waals surface area contributed by atoms with Crippen molar-refractivity contribution in [3.05, 3.63) is 74.6 Å². The Morgan fingerprint density at radius 3 is 2.72 bits per heavy atom. The summed E-state index contributed by atoms with van der Waals surface area (Å²) in [4.78, 5) is 12.0. The molecule has 2 aromatic carbocycles. The van der Waals surface area contributed by atoms with Gasteiger partial charge >= 0.3 is 5.69 Å². The highest BCUT2D eigenvalue weighted by molar-refractivity contribution is 9.10. The van der Waals surface area contributed by atoms with Crippen LogP contribution in [-0.2, 0) is 18.7 Å². The molecule has 0 bridgehead atoms. The lowest BCUT2D eigenvalue weighted by atomic mass is 10.1. The molecule has 3 rings (SSSR count). The van der Waals surface area contributed by atoms with Crippen LogP contribution in [0, 0.1) is 0 Å². The summed E-state index contributed by atoms with van der Waals surface area (Å²) in [7, 11) is 1.64. The molecule has 5 nitrogen and oxygen atoms in total. The van der Waals surface area contributed by atoms with Crippen molar-refractivity contribution < 1.29 is 4.74 Å². The van der Waals surface area contributed by atoms with Crippen LogP contribution in [0.15, 0.2) is 63.0 Å². The van der Waals surface area contributed by atoms with E-state index >= 15 is 0 Å². The highest BCUT2D eigenvalue weighted by Crippen LogP contribution is 2.28. The molecule has 1 aromatic heterocycles. The molecule has 0 amide bonds. The van der Waals surface area contributed by atoms with Crippen LogP contribution in [-0.4, -0.2) is 21.9 Å². The third-order valence-electron chi connectivity index (χ3n) is 3.77. The Kier molecular flexibility index (Phi) is 5.99. The number of H-pyrrole nitrogens is 1. The molecule has 0 saturated carbocycles. The lowest BCUT2D eigenvalue weighted by molar-refractivity contribution is 0.412. The molecular weight excluding hydrogens is 402 g/mol. The minimum atomic E-state index is -0.172. The molecule has 0 aliphatic carbocycles. The van der Waals surface area contributed by atoms with Crippen LogP contribution in [0.1, 0.15) is 11.1 Å². The maximum atomic E-state index is 12.0. The van der Waals surface area contributed by atoms with Crippen LogP contribution in [0.5, 0.6) is 5.75 Å². The molecule has 0 fully saturated rings. The van der Waals surface area contributed by atoms with Crippen LogP contribution in [0.25, 0.3) is 0 Å². The van der Waals surface area contributed by atoms with E-state index in [1.807, 2.05) is 36.4 Å². The maximum absolute atomic E-state index is 12.0. The smallest absolute Gasteiger partial charge is 0.343 e. The van der Waals surface area contributed by atoms with Gasteiger partial charge in [0.25, 0.3) is 0 Å². The summed E-state index contributed by atoms with van der Waals surface area (Å²) >= 11 is 5.03. The van der Waals surface area contributed by atoms with Crippen LogP contribution in [0.2, 0.25) is 0 Å². The molecule has 0 radical (unpaired) electrons. The maximum Gasteiger partial charge on any atom is 0.343 e. The quantitative estimate of drug-likeness (QED) is 0.590. The molecule has 0 unspecified atom stereocenters. The van der Waals surface area contributed by atoms with Crippen LogP contribution in [0.4, 0.5) is 0 Å². The second-order valence-corrected chi connectivity index (χ2v) is 7.25. The lowest BCUT2D eigenvalue weighted by Gasteiger charge is -2.07. The van der Waals surface area contributed by atoms with Gasteiger partial charge < -0.3 is 4.74 Å². The van der Waals surface area contributed by atoms with Gasteiger partial charge in [0.05, 0.1) is 11.6 Å². The standard InChI is InChI=1S/C18H18BrN3O2S/c1-24-16-8-7-14(11-15(16)19)12-25-18-21-20-17(23)22(18)10-9-13-5-3-2-4-6-13/h2-8,11H,9-10,12H2,1H3,(H,20,23). The number of ether oxygens (including phenoxy) is 1. The Hall–Kier alpha value is -1.99. The number of nitrogens with one attached hydrogen (secondary N) is 1. The van der Waals surface area contributed by atoms with Gasteiger partial charge in [0.2, 0.25) is 0 Å². The van der Waals surface area contributed by atoms with Crippen LogP contribution in [0.3, 0.4) is 0 Å². The summed E-state index contributed by atoms with van der Waals surface area (Å²) in [6.07, 6.45) is 0.794. The van der Waals surface area contributed by atoms with Gasteiger partial charge in [-0.3, -0.25) is 4.57 Å². The Morgan fingerprint density at radius 2 is 2.00 bits per heavy atom. The first-order valence-electron chi connectivity index (χ1n) is 7.81. The molecule has 0 saturated heterocycles. The van der Waals surface area contributed by atoms with Crippen molar-refractivity contribution in [1.82, 2.24) is 14.8 Å². The van der Waals surface area contributed by atoms with Gasteiger partial charge in [0.15, 0.2) is 5.16 Å². The van der Waals surface area contributed by atoms with E-state index in [-0.39, 0.29) is 5.69 Å². The Bertz CT molecular complexity index is 893. The molecule has 7 heteroatoms. The highest BCUT2D eigenvalue weighted by atomic mass is 79.9. The zero-order chi connectivity index (χ0) is 17.6. The number of benzene rings is 2. The van der Waals surface area contributed by atoms with Gasteiger partial charge in [-0.15, -0.1) is 5.10 Å². The second-order valence-electron chi connectivity index (χ2n) is 5.46. The predicted octanol–water partition coefficient (Wildman–Crippen LogP) is 3.88. The first-order valence-corrected chi connectivity index (χ1v) is 9.59. The first kappa shape index (κ1) is 17.8. The van der Waals surface area contributed by atoms with E-state index in [9.17, 15) is 4.79 Å². The molecule has 0 aliphatic rings. The Labute approximate surface area is 158 Å². The summed E-state index contributed by atoms with van der Waals surface area (Å²) in [5.41, 5.74) is 2.16. The molecule has 0 atom stereocenters. The van der Waals surface area contributed by atoms with Crippen molar-refractivity contribution in [2.75, 3.05) is 7.11 Å². The summed E-state index contributed by atoms with van der Waals surface area (Å²) < 4.78 is 7.85. The van der Waals surface area contributed by atoms with Crippen molar-refractivity contribution in [3.8, 4) is 5.75 Å². The number of aromatic amines is 1. The van der Waals surface area contributed by atoms with E-state index in [2.05, 4.69) is 38.3 Å². The summed E-state index contributed by atoms with van der Waals surface area (Å²) in [6, 6.07) is 16.1. The topological polar surface area (TPSA) is 59.9 Å². The highest BCUT2D eigenvalue weighted by Gasteiger charge is 2.10. The number of hydrogen-bond acceptors (Lipinski definition) is 4. The number of aromatic nitrogens is 3. The number of thioether (sulfide) groups is 1. The molecule has 130 valence electrons. The fourth-order valence-corrected chi connectivity index (χ4v) is 3.95. The van der Waals surface area contributed by atoms with Gasteiger partial charge in [-0.2, -0.15) is 0 Å². The molecule has 1 heterocycles. The summed E-state index contributed by atoms with van der Waals surface area (Å²) in [5.74, 6) is 1.52. The van der Waals surface area contributed by atoms with Crippen LogP contribution < -0.4 is 10.4 Å². The number of methoxy groups -OCH3 is 1. The Balaban J connectivity index is 1.67. The van der Waals surface area contributed by atoms with E-state index in [1.54, 1.807) is 11.7 Å². The van der Waals surface area contributed by atoms with Crippen molar-refractivity contribution in [1.29, 1.82) is 0 Å². The van der Waals surface area contributed by atoms with Gasteiger partial charge in [-0.05, 0) is 45.6 Å². The SMILES string of the molecule is COc1ccc(CSc2n[nH]c(=O)n2CCc2ccccc2)cc1Br. The third kappa shape index (κ3) is 4.55. The second kappa shape index (κ2) is 8.40. The van der Waals surface area contributed by atoms with Crippen molar-refractivity contribution in [3.63, 3.8) is 0 Å². The lowest BCUT2D eigenvalue weighted by Crippen LogP contribution is -2.18.